The second kappa shape index (κ2) is 5.89. The minimum atomic E-state index is -1.23. The molecule has 0 aliphatic rings. The number of nitrogens with one attached hydrogen (secondary N) is 1. The minimum absolute atomic E-state index is 0.272. The predicted molar refractivity (Wildman–Crippen MR) is 86.6 cm³/mol. The summed E-state index contributed by atoms with van der Waals surface area (Å²) in [5.74, 6) is -1.50. The zero-order valence-corrected chi connectivity index (χ0v) is 13.1. The predicted octanol–water partition coefficient (Wildman–Crippen LogP) is 2.65. The first kappa shape index (κ1) is 15.3. The summed E-state index contributed by atoms with van der Waals surface area (Å²) in [5, 5.41) is 12.3. The molecule has 0 fully saturated rings. The van der Waals surface area contributed by atoms with Crippen LogP contribution < -0.4 is 5.11 Å². The van der Waals surface area contributed by atoms with Crippen LogP contribution in [0.3, 0.4) is 0 Å². The molecule has 0 radical (unpaired) electrons. The van der Waals surface area contributed by atoms with Crippen LogP contribution in [0.25, 0.3) is 10.9 Å². The molecule has 0 saturated heterocycles. The van der Waals surface area contributed by atoms with E-state index in [2.05, 4.69) is 4.98 Å². The smallest absolute Gasteiger partial charge is 0.209 e. The summed E-state index contributed by atoms with van der Waals surface area (Å²) in [5.41, 5.74) is 2.91. The van der Waals surface area contributed by atoms with Crippen molar-refractivity contribution in [2.45, 2.75) is 13.3 Å². The van der Waals surface area contributed by atoms with Crippen LogP contribution in [0.1, 0.15) is 27.2 Å². The van der Waals surface area contributed by atoms with Crippen LogP contribution in [0.4, 0.5) is 0 Å². The van der Waals surface area contributed by atoms with Crippen molar-refractivity contribution in [3.05, 3.63) is 69.9 Å². The Labute approximate surface area is 137 Å². The molecule has 23 heavy (non-hydrogen) atoms. The van der Waals surface area contributed by atoms with E-state index in [1.54, 1.807) is 24.3 Å². The number of halogens is 1. The van der Waals surface area contributed by atoms with Gasteiger partial charge in [0.25, 0.3) is 0 Å². The molecule has 0 spiro atoms. The lowest BCUT2D eigenvalue weighted by molar-refractivity contribution is -0.304. The Balaban J connectivity index is 2.16. The Morgan fingerprint density at radius 2 is 1.83 bits per heavy atom. The maximum atomic E-state index is 12.7. The van der Waals surface area contributed by atoms with E-state index in [0.717, 1.165) is 16.5 Å². The molecule has 0 bridgehead atoms. The maximum Gasteiger partial charge on any atom is 0.209 e. The maximum absolute atomic E-state index is 12.7. The highest BCUT2D eigenvalue weighted by Crippen LogP contribution is 2.26. The van der Waals surface area contributed by atoms with Gasteiger partial charge in [-0.05, 0) is 48.4 Å². The molecule has 0 unspecified atom stereocenters. The van der Waals surface area contributed by atoms with E-state index in [1.165, 1.54) is 0 Å². The molecular weight excluding hydrogens is 314 g/mol. The minimum Gasteiger partial charge on any atom is -0.550 e. The van der Waals surface area contributed by atoms with Crippen molar-refractivity contribution in [1.82, 2.24) is 4.98 Å². The molecule has 0 aliphatic heterocycles. The van der Waals surface area contributed by atoms with Crippen molar-refractivity contribution < 1.29 is 14.7 Å². The van der Waals surface area contributed by atoms with Crippen molar-refractivity contribution in [3.8, 4) is 0 Å². The van der Waals surface area contributed by atoms with E-state index in [-0.39, 0.29) is 17.9 Å². The number of hydrogen-bond acceptors (Lipinski definition) is 3. The first-order valence-corrected chi connectivity index (χ1v) is 7.45. The third kappa shape index (κ3) is 2.98. The van der Waals surface area contributed by atoms with Gasteiger partial charge in [-0.25, -0.2) is 0 Å². The number of carbonyl (C=O) groups is 2. The molecule has 0 aliphatic carbocycles. The number of carboxylic acids is 1. The van der Waals surface area contributed by atoms with Crippen molar-refractivity contribution in [2.24, 2.45) is 0 Å². The number of H-pyrrole nitrogens is 1. The summed E-state index contributed by atoms with van der Waals surface area (Å²) in [4.78, 5) is 26.9. The first-order valence-electron chi connectivity index (χ1n) is 7.07. The number of aromatic amines is 1. The SMILES string of the molecule is Cc1ccc2c(CC(=O)[O-])c(C(=O)c3ccc(Cl)cc3)[nH]c2c1. The van der Waals surface area contributed by atoms with Crippen molar-refractivity contribution >= 4 is 34.3 Å². The molecule has 3 aromatic rings. The van der Waals surface area contributed by atoms with E-state index < -0.39 is 5.97 Å². The summed E-state index contributed by atoms with van der Waals surface area (Å²) in [6, 6.07) is 12.1. The summed E-state index contributed by atoms with van der Waals surface area (Å²) in [6.45, 7) is 1.93. The van der Waals surface area contributed by atoms with Gasteiger partial charge in [-0.1, -0.05) is 23.7 Å². The van der Waals surface area contributed by atoms with E-state index in [1.807, 2.05) is 25.1 Å². The van der Waals surface area contributed by atoms with Crippen LogP contribution in [0.15, 0.2) is 42.5 Å². The Hall–Kier alpha value is -2.59. The summed E-state index contributed by atoms with van der Waals surface area (Å²) >= 11 is 5.84. The van der Waals surface area contributed by atoms with E-state index in [4.69, 9.17) is 11.6 Å². The normalized spacial score (nSPS) is 10.9. The highest BCUT2D eigenvalue weighted by atomic mass is 35.5. The highest BCUT2D eigenvalue weighted by molar-refractivity contribution is 6.30. The fourth-order valence-electron chi connectivity index (χ4n) is 2.64. The van der Waals surface area contributed by atoms with Crippen LogP contribution >= 0.6 is 11.6 Å². The third-order valence-corrected chi connectivity index (χ3v) is 3.97. The zero-order valence-electron chi connectivity index (χ0n) is 12.4. The number of carbonyl (C=O) groups excluding carboxylic acids is 2. The lowest BCUT2D eigenvalue weighted by atomic mass is 10.0. The molecule has 0 amide bonds. The average molecular weight is 327 g/mol. The fraction of sp³-hybridized carbons (Fsp3) is 0.111. The van der Waals surface area contributed by atoms with Gasteiger partial charge in [0, 0.05) is 33.9 Å². The number of fused-ring (bicyclic) bond motifs is 1. The molecule has 1 aromatic heterocycles. The van der Waals surface area contributed by atoms with Crippen LogP contribution in [-0.4, -0.2) is 16.7 Å². The molecule has 116 valence electrons. The molecular formula is C18H13ClNO3-. The van der Waals surface area contributed by atoms with Gasteiger partial charge in [0.05, 0.1) is 5.69 Å². The zero-order chi connectivity index (χ0) is 16.6. The molecule has 0 saturated carbocycles. The number of hydrogen-bond donors (Lipinski definition) is 1. The van der Waals surface area contributed by atoms with E-state index >= 15 is 0 Å². The number of carboxylic acid groups (broad SMARTS) is 1. The summed E-state index contributed by atoms with van der Waals surface area (Å²) < 4.78 is 0. The summed E-state index contributed by atoms with van der Waals surface area (Å²) in [7, 11) is 0. The number of aliphatic carboxylic acids is 1. The third-order valence-electron chi connectivity index (χ3n) is 3.72. The first-order chi connectivity index (χ1) is 11.0. The molecule has 1 heterocycles. The Morgan fingerprint density at radius 1 is 1.13 bits per heavy atom. The Bertz CT molecular complexity index is 910. The second-order valence-corrected chi connectivity index (χ2v) is 5.85. The number of aromatic nitrogens is 1. The molecule has 3 rings (SSSR count). The van der Waals surface area contributed by atoms with Crippen LogP contribution in [0.2, 0.25) is 5.02 Å². The quantitative estimate of drug-likeness (QED) is 0.749. The van der Waals surface area contributed by atoms with Gasteiger partial charge in [-0.3, -0.25) is 4.79 Å². The highest BCUT2D eigenvalue weighted by Gasteiger charge is 2.19. The van der Waals surface area contributed by atoms with Gasteiger partial charge in [0.2, 0.25) is 5.78 Å². The van der Waals surface area contributed by atoms with Crippen molar-refractivity contribution in [1.29, 1.82) is 0 Å². The van der Waals surface area contributed by atoms with Crippen LogP contribution in [0.5, 0.6) is 0 Å². The van der Waals surface area contributed by atoms with Gasteiger partial charge in [-0.2, -0.15) is 0 Å². The molecule has 2 aromatic carbocycles. The molecule has 5 heteroatoms. The largest absolute Gasteiger partial charge is 0.550 e. The Kier molecular flexibility index (Phi) is 3.92. The number of benzene rings is 2. The van der Waals surface area contributed by atoms with Gasteiger partial charge < -0.3 is 14.9 Å². The van der Waals surface area contributed by atoms with Crippen LogP contribution in [-0.2, 0) is 11.2 Å². The van der Waals surface area contributed by atoms with E-state index in [9.17, 15) is 14.7 Å². The topological polar surface area (TPSA) is 73.0 Å². The Morgan fingerprint density at radius 3 is 2.48 bits per heavy atom. The lowest BCUT2D eigenvalue weighted by Gasteiger charge is -2.05. The number of ketones is 1. The summed E-state index contributed by atoms with van der Waals surface area (Å²) in [6.07, 6.45) is -0.322. The van der Waals surface area contributed by atoms with Gasteiger partial charge in [0.15, 0.2) is 0 Å². The fourth-order valence-corrected chi connectivity index (χ4v) is 2.76. The number of rotatable bonds is 4. The van der Waals surface area contributed by atoms with Crippen molar-refractivity contribution in [3.63, 3.8) is 0 Å². The second-order valence-electron chi connectivity index (χ2n) is 5.41. The molecule has 4 nitrogen and oxygen atoms in total. The molecule has 1 N–H and O–H groups in total. The van der Waals surface area contributed by atoms with Gasteiger partial charge >= 0.3 is 0 Å². The molecule has 0 atom stereocenters. The van der Waals surface area contributed by atoms with Gasteiger partial charge in [0.1, 0.15) is 0 Å². The van der Waals surface area contributed by atoms with Gasteiger partial charge in [-0.15, -0.1) is 0 Å². The average Bonchev–Trinajstić information content (AvgIpc) is 2.84. The monoisotopic (exact) mass is 326 g/mol. The van der Waals surface area contributed by atoms with Crippen molar-refractivity contribution in [2.75, 3.05) is 0 Å². The number of aryl methyl sites for hydroxylation is 1. The van der Waals surface area contributed by atoms with Crippen LogP contribution in [0, 0.1) is 6.92 Å². The van der Waals surface area contributed by atoms with E-state index in [0.29, 0.717) is 16.1 Å². The standard InChI is InChI=1S/C18H14ClNO3/c1-10-2-7-13-14(9-16(21)22)17(20-15(13)8-10)18(23)11-3-5-12(19)6-4-11/h2-8,20H,9H2,1H3,(H,21,22)/p-1. The lowest BCUT2D eigenvalue weighted by Crippen LogP contribution is -2.25.